The van der Waals surface area contributed by atoms with Crippen molar-refractivity contribution in [3.8, 4) is 0 Å². The fraction of sp³-hybridized carbons (Fsp3) is 0.765. The van der Waals surface area contributed by atoms with Crippen LogP contribution in [0.4, 0.5) is 0 Å². The second kappa shape index (κ2) is 5.78. The van der Waals surface area contributed by atoms with Gasteiger partial charge >= 0.3 is 0 Å². The van der Waals surface area contributed by atoms with Crippen molar-refractivity contribution in [2.45, 2.75) is 64.6 Å². The number of rotatable bonds is 6. The molecule has 1 N–H and O–H groups in total. The molecule has 0 aromatic carbocycles. The monoisotopic (exact) mass is 293 g/mol. The van der Waals surface area contributed by atoms with Crippen LogP contribution in [0.15, 0.2) is 17.5 Å². The topological polar surface area (TPSA) is 21.3 Å². The normalized spacial score (nSPS) is 29.2. The smallest absolute Gasteiger partial charge is 0.0661 e. The summed E-state index contributed by atoms with van der Waals surface area (Å²) in [6.45, 7) is 7.63. The molecule has 1 heterocycles. The van der Waals surface area contributed by atoms with Gasteiger partial charge in [-0.15, -0.1) is 11.3 Å². The lowest BCUT2D eigenvalue weighted by atomic mass is 9.51. The molecule has 3 rings (SSSR count). The van der Waals surface area contributed by atoms with Crippen LogP contribution in [0, 0.1) is 11.3 Å². The van der Waals surface area contributed by atoms with Gasteiger partial charge in [0.05, 0.1) is 6.10 Å². The van der Waals surface area contributed by atoms with E-state index in [1.165, 1.54) is 30.6 Å². The summed E-state index contributed by atoms with van der Waals surface area (Å²) in [5, 5.41) is 6.16. The summed E-state index contributed by atoms with van der Waals surface area (Å²) in [6, 6.07) is 5.59. The van der Waals surface area contributed by atoms with Crippen molar-refractivity contribution in [1.82, 2.24) is 5.32 Å². The maximum absolute atomic E-state index is 5.96. The van der Waals surface area contributed by atoms with Crippen LogP contribution in [0.3, 0.4) is 0 Å². The second-order valence-corrected chi connectivity index (χ2v) is 7.70. The zero-order chi connectivity index (χ0) is 14.2. The Morgan fingerprint density at radius 3 is 2.75 bits per heavy atom. The van der Waals surface area contributed by atoms with Crippen LogP contribution in [-0.2, 0) is 4.74 Å². The molecule has 0 amide bonds. The molecule has 3 atom stereocenters. The van der Waals surface area contributed by atoms with Gasteiger partial charge in [-0.3, -0.25) is 0 Å². The van der Waals surface area contributed by atoms with Crippen molar-refractivity contribution in [1.29, 1.82) is 0 Å². The van der Waals surface area contributed by atoms with Gasteiger partial charge in [-0.05, 0) is 43.6 Å². The first kappa shape index (κ1) is 14.6. The third-order valence-electron chi connectivity index (χ3n) is 5.33. The van der Waals surface area contributed by atoms with Gasteiger partial charge in [0, 0.05) is 29.0 Å². The van der Waals surface area contributed by atoms with Crippen molar-refractivity contribution in [2.75, 3.05) is 6.61 Å². The third kappa shape index (κ3) is 2.34. The molecule has 3 heteroatoms. The summed E-state index contributed by atoms with van der Waals surface area (Å²) in [4.78, 5) is 1.48. The molecule has 2 saturated carbocycles. The average molecular weight is 293 g/mol. The average Bonchev–Trinajstić information content (AvgIpc) is 2.83. The number of ether oxygens (including phenoxy) is 1. The van der Waals surface area contributed by atoms with E-state index in [4.69, 9.17) is 4.74 Å². The van der Waals surface area contributed by atoms with Gasteiger partial charge in [0.15, 0.2) is 0 Å². The van der Waals surface area contributed by atoms with Gasteiger partial charge in [0.2, 0.25) is 0 Å². The maximum Gasteiger partial charge on any atom is 0.0661 e. The van der Waals surface area contributed by atoms with Crippen molar-refractivity contribution in [2.24, 2.45) is 11.3 Å². The predicted octanol–water partition coefficient (Wildman–Crippen LogP) is 4.38. The minimum absolute atomic E-state index is 0.459. The SMILES string of the molecule is CCOC1CC(NC(c2cccs2)C(C)C)C12CCC2. The molecule has 0 radical (unpaired) electrons. The third-order valence-corrected chi connectivity index (χ3v) is 6.29. The minimum Gasteiger partial charge on any atom is -0.378 e. The largest absolute Gasteiger partial charge is 0.378 e. The van der Waals surface area contributed by atoms with Crippen LogP contribution < -0.4 is 5.32 Å². The van der Waals surface area contributed by atoms with Gasteiger partial charge in [-0.25, -0.2) is 0 Å². The zero-order valence-electron chi connectivity index (χ0n) is 12.9. The molecule has 2 nitrogen and oxygen atoms in total. The summed E-state index contributed by atoms with van der Waals surface area (Å²) >= 11 is 1.88. The standard InChI is InChI=1S/C17H27NOS/c1-4-19-15-11-14(17(15)8-6-9-17)18-16(12(2)3)13-7-5-10-20-13/h5,7,10,12,14-16,18H,4,6,8-9,11H2,1-3H3. The van der Waals surface area contributed by atoms with Crippen LogP contribution in [0.1, 0.15) is 57.4 Å². The van der Waals surface area contributed by atoms with Gasteiger partial charge in [0.25, 0.3) is 0 Å². The number of thiophene rings is 1. The molecule has 2 fully saturated rings. The van der Waals surface area contributed by atoms with E-state index in [-0.39, 0.29) is 0 Å². The van der Waals surface area contributed by atoms with Crippen LogP contribution in [-0.4, -0.2) is 18.8 Å². The van der Waals surface area contributed by atoms with Crippen molar-refractivity contribution in [3.05, 3.63) is 22.4 Å². The van der Waals surface area contributed by atoms with E-state index < -0.39 is 0 Å². The van der Waals surface area contributed by atoms with E-state index in [1.807, 2.05) is 11.3 Å². The fourth-order valence-corrected chi connectivity index (χ4v) is 4.92. The molecule has 3 unspecified atom stereocenters. The molecule has 2 aliphatic rings. The Balaban J connectivity index is 1.68. The first-order valence-electron chi connectivity index (χ1n) is 8.08. The number of hydrogen-bond donors (Lipinski definition) is 1. The summed E-state index contributed by atoms with van der Waals surface area (Å²) in [6.07, 6.45) is 5.79. The second-order valence-electron chi connectivity index (χ2n) is 6.72. The Hall–Kier alpha value is -0.380. The van der Waals surface area contributed by atoms with E-state index in [0.717, 1.165) is 6.61 Å². The highest BCUT2D eigenvalue weighted by molar-refractivity contribution is 7.10. The summed E-state index contributed by atoms with van der Waals surface area (Å²) in [7, 11) is 0. The van der Waals surface area contributed by atoms with Gasteiger partial charge in [0.1, 0.15) is 0 Å². The van der Waals surface area contributed by atoms with Crippen LogP contribution in [0.25, 0.3) is 0 Å². The highest BCUT2D eigenvalue weighted by Crippen LogP contribution is 2.57. The lowest BCUT2D eigenvalue weighted by molar-refractivity contribution is -0.175. The van der Waals surface area contributed by atoms with Gasteiger partial charge in [-0.2, -0.15) is 0 Å². The van der Waals surface area contributed by atoms with E-state index in [1.54, 1.807) is 0 Å². The lowest BCUT2D eigenvalue weighted by Crippen LogP contribution is -2.67. The molecule has 1 aromatic heterocycles. The molecule has 1 spiro atoms. The molecule has 0 aliphatic heterocycles. The molecule has 2 aliphatic carbocycles. The maximum atomic E-state index is 5.96. The first-order valence-corrected chi connectivity index (χ1v) is 8.96. The van der Waals surface area contributed by atoms with Gasteiger partial charge < -0.3 is 10.1 Å². The van der Waals surface area contributed by atoms with Crippen molar-refractivity contribution in [3.63, 3.8) is 0 Å². The highest BCUT2D eigenvalue weighted by Gasteiger charge is 2.59. The van der Waals surface area contributed by atoms with Crippen molar-refractivity contribution < 1.29 is 4.74 Å². The Morgan fingerprint density at radius 1 is 1.45 bits per heavy atom. The Labute approximate surface area is 126 Å². The molecule has 112 valence electrons. The van der Waals surface area contributed by atoms with E-state index in [9.17, 15) is 0 Å². The van der Waals surface area contributed by atoms with E-state index >= 15 is 0 Å². The molecule has 20 heavy (non-hydrogen) atoms. The van der Waals surface area contributed by atoms with Crippen molar-refractivity contribution >= 4 is 11.3 Å². The number of hydrogen-bond acceptors (Lipinski definition) is 3. The molecule has 0 saturated heterocycles. The van der Waals surface area contributed by atoms with E-state index in [0.29, 0.717) is 29.5 Å². The minimum atomic E-state index is 0.459. The number of nitrogens with one attached hydrogen (secondary N) is 1. The molecular formula is C17H27NOS. The Morgan fingerprint density at radius 2 is 2.25 bits per heavy atom. The van der Waals surface area contributed by atoms with E-state index in [2.05, 4.69) is 43.6 Å². The molecule has 0 bridgehead atoms. The predicted molar refractivity (Wildman–Crippen MR) is 85.1 cm³/mol. The summed E-state index contributed by atoms with van der Waals surface area (Å²) in [5.41, 5.74) is 0.459. The highest BCUT2D eigenvalue weighted by atomic mass is 32.1. The summed E-state index contributed by atoms with van der Waals surface area (Å²) < 4.78 is 5.96. The Kier molecular flexibility index (Phi) is 4.21. The summed E-state index contributed by atoms with van der Waals surface area (Å²) in [5.74, 6) is 0.636. The van der Waals surface area contributed by atoms with Crippen LogP contribution in [0.5, 0.6) is 0 Å². The van der Waals surface area contributed by atoms with Crippen LogP contribution in [0.2, 0.25) is 0 Å². The van der Waals surface area contributed by atoms with Crippen LogP contribution >= 0.6 is 11.3 Å². The first-order chi connectivity index (χ1) is 9.67. The van der Waals surface area contributed by atoms with Gasteiger partial charge in [-0.1, -0.05) is 26.3 Å². The zero-order valence-corrected chi connectivity index (χ0v) is 13.7. The quantitative estimate of drug-likeness (QED) is 0.840. The Bertz CT molecular complexity index is 424. The fourth-order valence-electron chi connectivity index (χ4n) is 3.96. The molecule has 1 aromatic rings. The lowest BCUT2D eigenvalue weighted by Gasteiger charge is -2.62. The molecular weight excluding hydrogens is 266 g/mol.